The van der Waals surface area contributed by atoms with E-state index in [-0.39, 0.29) is 11.6 Å². The van der Waals surface area contributed by atoms with Crippen LogP contribution >= 0.6 is 0 Å². The number of halogens is 1. The lowest BCUT2D eigenvalue weighted by Crippen LogP contribution is -2.38. The molecule has 1 rings (SSSR count). The van der Waals surface area contributed by atoms with E-state index in [9.17, 15) is 9.18 Å². The van der Waals surface area contributed by atoms with Crippen LogP contribution in [0.15, 0.2) is 18.5 Å². The third-order valence-electron chi connectivity index (χ3n) is 2.46. The van der Waals surface area contributed by atoms with Gasteiger partial charge < -0.3 is 10.2 Å². The van der Waals surface area contributed by atoms with Gasteiger partial charge in [-0.25, -0.2) is 4.39 Å². The molecule has 4 nitrogen and oxygen atoms in total. The highest BCUT2D eigenvalue weighted by atomic mass is 19.1. The van der Waals surface area contributed by atoms with Crippen molar-refractivity contribution in [1.82, 2.24) is 15.2 Å². The topological polar surface area (TPSA) is 45.2 Å². The summed E-state index contributed by atoms with van der Waals surface area (Å²) in [6.45, 7) is 2.46. The minimum atomic E-state index is -0.600. The Kier molecular flexibility index (Phi) is 4.37. The highest BCUT2D eigenvalue weighted by Crippen LogP contribution is 2.03. The third kappa shape index (κ3) is 3.27. The predicted molar refractivity (Wildman–Crippen MR) is 59.7 cm³/mol. The number of hydrogen-bond acceptors (Lipinski definition) is 3. The van der Waals surface area contributed by atoms with Crippen molar-refractivity contribution < 1.29 is 9.18 Å². The van der Waals surface area contributed by atoms with Crippen LogP contribution in [0, 0.1) is 5.82 Å². The molecular formula is C11H16FN3O. The van der Waals surface area contributed by atoms with Crippen molar-refractivity contribution in [3.8, 4) is 0 Å². The minimum absolute atomic E-state index is 0.0287. The summed E-state index contributed by atoms with van der Waals surface area (Å²) >= 11 is 0. The van der Waals surface area contributed by atoms with Crippen molar-refractivity contribution in [1.29, 1.82) is 0 Å². The first-order chi connectivity index (χ1) is 7.52. The molecule has 5 heteroatoms. The number of rotatable bonds is 4. The molecule has 1 N–H and O–H groups in total. The summed E-state index contributed by atoms with van der Waals surface area (Å²) in [6.07, 6.45) is 2.43. The highest BCUT2D eigenvalue weighted by Gasteiger charge is 2.12. The summed E-state index contributed by atoms with van der Waals surface area (Å²) in [5.41, 5.74) is 0.0287. The Morgan fingerprint density at radius 3 is 2.88 bits per heavy atom. The molecule has 0 spiro atoms. The molecule has 1 atom stereocenters. The van der Waals surface area contributed by atoms with E-state index in [0.717, 1.165) is 6.20 Å². The Morgan fingerprint density at radius 2 is 2.31 bits per heavy atom. The number of nitrogens with zero attached hydrogens (tertiary/aromatic N) is 2. The van der Waals surface area contributed by atoms with Crippen molar-refractivity contribution in [2.75, 3.05) is 20.6 Å². The number of hydrogen-bond donors (Lipinski definition) is 1. The molecule has 1 aromatic heterocycles. The molecule has 0 bridgehead atoms. The fraction of sp³-hybridized carbons (Fsp3) is 0.455. The molecular weight excluding hydrogens is 209 g/mol. The molecule has 0 aromatic carbocycles. The zero-order valence-corrected chi connectivity index (χ0v) is 9.70. The standard InChI is InChI=1S/C11H16FN3O/c1-8(15(2)3)6-14-11(16)9-4-5-13-7-10(9)12/h4-5,7-8H,6H2,1-3H3,(H,14,16). The van der Waals surface area contributed by atoms with Crippen molar-refractivity contribution in [3.05, 3.63) is 29.8 Å². The summed E-state index contributed by atoms with van der Waals surface area (Å²) in [5.74, 6) is -1.01. The number of carbonyl (C=O) groups is 1. The predicted octanol–water partition coefficient (Wildman–Crippen LogP) is 0.901. The molecule has 16 heavy (non-hydrogen) atoms. The van der Waals surface area contributed by atoms with Gasteiger partial charge in [0.1, 0.15) is 0 Å². The first-order valence-corrected chi connectivity index (χ1v) is 5.06. The summed E-state index contributed by atoms with van der Waals surface area (Å²) < 4.78 is 13.2. The third-order valence-corrected chi connectivity index (χ3v) is 2.46. The second-order valence-corrected chi connectivity index (χ2v) is 3.88. The molecule has 88 valence electrons. The Hall–Kier alpha value is -1.49. The van der Waals surface area contributed by atoms with E-state index in [0.29, 0.717) is 6.54 Å². The van der Waals surface area contributed by atoms with Gasteiger partial charge in [-0.1, -0.05) is 0 Å². The Labute approximate surface area is 94.5 Å². The van der Waals surface area contributed by atoms with E-state index in [1.807, 2.05) is 25.9 Å². The number of nitrogens with one attached hydrogen (secondary N) is 1. The maximum Gasteiger partial charge on any atom is 0.254 e. The van der Waals surface area contributed by atoms with Gasteiger partial charge in [-0.2, -0.15) is 0 Å². The van der Waals surface area contributed by atoms with Gasteiger partial charge in [0.05, 0.1) is 11.8 Å². The number of likely N-dealkylation sites (N-methyl/N-ethyl adjacent to an activating group) is 1. The van der Waals surface area contributed by atoms with Crippen LogP contribution in [-0.4, -0.2) is 42.5 Å². The molecule has 1 unspecified atom stereocenters. The largest absolute Gasteiger partial charge is 0.350 e. The van der Waals surface area contributed by atoms with Gasteiger partial charge in [0.2, 0.25) is 0 Å². The van der Waals surface area contributed by atoms with E-state index in [1.54, 1.807) is 0 Å². The van der Waals surface area contributed by atoms with Crippen LogP contribution in [0.25, 0.3) is 0 Å². The maximum absolute atomic E-state index is 13.2. The molecule has 0 aliphatic rings. The molecule has 0 aliphatic heterocycles. The summed E-state index contributed by atoms with van der Waals surface area (Å²) in [7, 11) is 3.84. The zero-order valence-electron chi connectivity index (χ0n) is 9.70. The first kappa shape index (κ1) is 12.6. The van der Waals surface area contributed by atoms with Crippen LogP contribution in [0.1, 0.15) is 17.3 Å². The fourth-order valence-corrected chi connectivity index (χ4v) is 1.08. The molecule has 1 heterocycles. The van der Waals surface area contributed by atoms with Crippen LogP contribution in [0.2, 0.25) is 0 Å². The quantitative estimate of drug-likeness (QED) is 0.828. The number of pyridine rings is 1. The van der Waals surface area contributed by atoms with Gasteiger partial charge in [-0.05, 0) is 27.1 Å². The summed E-state index contributed by atoms with van der Waals surface area (Å²) in [5, 5.41) is 2.67. The molecule has 0 radical (unpaired) electrons. The summed E-state index contributed by atoms with van der Waals surface area (Å²) in [4.78, 5) is 17.2. The lowest BCUT2D eigenvalue weighted by molar-refractivity contribution is 0.0939. The Balaban J connectivity index is 2.57. The maximum atomic E-state index is 13.2. The smallest absolute Gasteiger partial charge is 0.254 e. The van der Waals surface area contributed by atoms with E-state index >= 15 is 0 Å². The van der Waals surface area contributed by atoms with Gasteiger partial charge in [0.25, 0.3) is 5.91 Å². The van der Waals surface area contributed by atoms with Gasteiger partial charge in [-0.3, -0.25) is 9.78 Å². The van der Waals surface area contributed by atoms with Crippen LogP contribution in [-0.2, 0) is 0 Å². The molecule has 1 aromatic rings. The average Bonchev–Trinajstić information content (AvgIpc) is 2.25. The molecule has 0 fully saturated rings. The molecule has 0 saturated heterocycles. The van der Waals surface area contributed by atoms with Crippen LogP contribution in [0.4, 0.5) is 4.39 Å². The normalized spacial score (nSPS) is 12.6. The first-order valence-electron chi connectivity index (χ1n) is 5.06. The van der Waals surface area contributed by atoms with E-state index < -0.39 is 11.7 Å². The lowest BCUT2D eigenvalue weighted by Gasteiger charge is -2.19. The molecule has 1 amide bonds. The molecule has 0 aliphatic carbocycles. The van der Waals surface area contributed by atoms with Crippen LogP contribution in [0.3, 0.4) is 0 Å². The van der Waals surface area contributed by atoms with Crippen molar-refractivity contribution >= 4 is 5.91 Å². The number of aromatic nitrogens is 1. The van der Waals surface area contributed by atoms with Gasteiger partial charge >= 0.3 is 0 Å². The average molecular weight is 225 g/mol. The van der Waals surface area contributed by atoms with Crippen LogP contribution < -0.4 is 5.32 Å². The zero-order chi connectivity index (χ0) is 12.1. The van der Waals surface area contributed by atoms with E-state index in [1.165, 1.54) is 12.3 Å². The highest BCUT2D eigenvalue weighted by molar-refractivity contribution is 5.94. The van der Waals surface area contributed by atoms with Crippen molar-refractivity contribution in [2.24, 2.45) is 0 Å². The van der Waals surface area contributed by atoms with Crippen LogP contribution in [0.5, 0.6) is 0 Å². The number of carbonyl (C=O) groups excluding carboxylic acids is 1. The van der Waals surface area contributed by atoms with Crippen molar-refractivity contribution in [3.63, 3.8) is 0 Å². The SMILES string of the molecule is CC(CNC(=O)c1ccncc1F)N(C)C. The fourth-order valence-electron chi connectivity index (χ4n) is 1.08. The molecule has 0 saturated carbocycles. The second kappa shape index (κ2) is 5.55. The minimum Gasteiger partial charge on any atom is -0.350 e. The van der Waals surface area contributed by atoms with E-state index in [4.69, 9.17) is 0 Å². The Bertz CT molecular complexity index is 368. The van der Waals surface area contributed by atoms with Gasteiger partial charge in [0.15, 0.2) is 5.82 Å². The Morgan fingerprint density at radius 1 is 1.62 bits per heavy atom. The lowest BCUT2D eigenvalue weighted by atomic mass is 10.2. The monoisotopic (exact) mass is 225 g/mol. The summed E-state index contributed by atoms with van der Waals surface area (Å²) in [6, 6.07) is 1.57. The second-order valence-electron chi connectivity index (χ2n) is 3.88. The van der Waals surface area contributed by atoms with Gasteiger partial charge in [-0.15, -0.1) is 0 Å². The van der Waals surface area contributed by atoms with Gasteiger partial charge in [0, 0.05) is 18.8 Å². The van der Waals surface area contributed by atoms with E-state index in [2.05, 4.69) is 10.3 Å². The number of amides is 1. The van der Waals surface area contributed by atoms with Crippen molar-refractivity contribution in [2.45, 2.75) is 13.0 Å².